The predicted octanol–water partition coefficient (Wildman–Crippen LogP) is 1.74. The van der Waals surface area contributed by atoms with Gasteiger partial charge in [-0.15, -0.1) is 0 Å². The zero-order valence-corrected chi connectivity index (χ0v) is 12.8. The second-order valence-corrected chi connectivity index (χ2v) is 8.19. The Morgan fingerprint density at radius 3 is 2.45 bits per heavy atom. The summed E-state index contributed by atoms with van der Waals surface area (Å²) in [7, 11) is -3.18. The molecule has 1 aliphatic carbocycles. The van der Waals surface area contributed by atoms with Gasteiger partial charge in [-0.3, -0.25) is 0 Å². The van der Waals surface area contributed by atoms with E-state index in [4.69, 9.17) is 4.52 Å². The van der Waals surface area contributed by atoms with Crippen molar-refractivity contribution in [3.63, 3.8) is 0 Å². The number of sulfonamides is 1. The number of hydrogen-bond donors (Lipinski definition) is 0. The molecule has 0 unspecified atom stereocenters. The van der Waals surface area contributed by atoms with Crippen LogP contribution < -0.4 is 0 Å². The molecule has 1 aliphatic heterocycles. The smallest absolute Gasteiger partial charge is 0.217 e. The van der Waals surface area contributed by atoms with Crippen LogP contribution in [0.25, 0.3) is 0 Å². The van der Waals surface area contributed by atoms with E-state index >= 15 is 0 Å². The Kier molecular flexibility index (Phi) is 3.27. The highest BCUT2D eigenvalue weighted by Gasteiger charge is 2.47. The third-order valence-corrected chi connectivity index (χ3v) is 6.86. The van der Waals surface area contributed by atoms with Gasteiger partial charge in [-0.2, -0.15) is 4.98 Å². The molecule has 0 amide bonds. The molecule has 1 aromatic heterocycles. The minimum atomic E-state index is -3.18. The molecule has 1 saturated carbocycles. The van der Waals surface area contributed by atoms with Crippen LogP contribution in [0.1, 0.15) is 36.1 Å². The molecule has 0 bridgehead atoms. The Bertz CT molecular complexity index is 742. The molecule has 116 valence electrons. The van der Waals surface area contributed by atoms with Crippen LogP contribution >= 0.6 is 0 Å². The van der Waals surface area contributed by atoms with Gasteiger partial charge in [0.05, 0.1) is 5.25 Å². The van der Waals surface area contributed by atoms with E-state index in [1.807, 2.05) is 30.3 Å². The van der Waals surface area contributed by atoms with E-state index in [0.29, 0.717) is 18.9 Å². The van der Waals surface area contributed by atoms with Crippen LogP contribution in [0.3, 0.4) is 0 Å². The Morgan fingerprint density at radius 1 is 1.09 bits per heavy atom. The lowest BCUT2D eigenvalue weighted by Crippen LogP contribution is -2.32. The van der Waals surface area contributed by atoms with Crippen molar-refractivity contribution < 1.29 is 12.9 Å². The van der Waals surface area contributed by atoms with Gasteiger partial charge in [0, 0.05) is 24.9 Å². The van der Waals surface area contributed by atoms with E-state index in [1.54, 1.807) is 4.31 Å². The van der Waals surface area contributed by atoms with Gasteiger partial charge in [0.15, 0.2) is 5.82 Å². The lowest BCUT2D eigenvalue weighted by Gasteiger charge is -2.16. The normalized spacial score (nSPS) is 26.4. The molecule has 0 N–H and O–H groups in total. The van der Waals surface area contributed by atoms with Crippen molar-refractivity contribution >= 4 is 10.0 Å². The van der Waals surface area contributed by atoms with E-state index in [9.17, 15) is 8.42 Å². The lowest BCUT2D eigenvalue weighted by molar-refractivity contribution is 0.401. The number of benzene rings is 1. The third-order valence-electron chi connectivity index (χ3n) is 4.53. The van der Waals surface area contributed by atoms with E-state index in [0.717, 1.165) is 18.4 Å². The van der Waals surface area contributed by atoms with Crippen LogP contribution in [0.4, 0.5) is 0 Å². The van der Waals surface area contributed by atoms with Gasteiger partial charge in [0.1, 0.15) is 0 Å². The highest BCUT2D eigenvalue weighted by atomic mass is 32.2. The average molecular weight is 319 g/mol. The summed E-state index contributed by atoms with van der Waals surface area (Å²) in [6.45, 7) is 0.917. The largest absolute Gasteiger partial charge is 0.343 e. The SMILES string of the molecule is O=S(=O)(C1CC1)N1C[C@H](c2ncon2)[C@H](c2ccccc2)C1. The lowest BCUT2D eigenvalue weighted by atomic mass is 9.88. The fourth-order valence-electron chi connectivity index (χ4n) is 3.19. The molecular formula is C15H17N3O3S. The summed E-state index contributed by atoms with van der Waals surface area (Å²) in [4.78, 5) is 4.15. The fourth-order valence-corrected chi connectivity index (χ4v) is 5.08. The van der Waals surface area contributed by atoms with Crippen molar-refractivity contribution in [3.8, 4) is 0 Å². The molecule has 22 heavy (non-hydrogen) atoms. The van der Waals surface area contributed by atoms with Gasteiger partial charge < -0.3 is 4.52 Å². The molecule has 2 fully saturated rings. The van der Waals surface area contributed by atoms with Crippen molar-refractivity contribution in [1.82, 2.24) is 14.4 Å². The van der Waals surface area contributed by atoms with Crippen molar-refractivity contribution in [3.05, 3.63) is 48.1 Å². The molecule has 1 saturated heterocycles. The summed E-state index contributed by atoms with van der Waals surface area (Å²) in [6.07, 6.45) is 2.86. The van der Waals surface area contributed by atoms with E-state index in [2.05, 4.69) is 10.1 Å². The molecule has 7 heteroatoms. The fraction of sp³-hybridized carbons (Fsp3) is 0.467. The molecule has 1 aromatic carbocycles. The number of aromatic nitrogens is 2. The van der Waals surface area contributed by atoms with Gasteiger partial charge in [-0.05, 0) is 18.4 Å². The van der Waals surface area contributed by atoms with Crippen molar-refractivity contribution in [2.45, 2.75) is 29.9 Å². The van der Waals surface area contributed by atoms with Crippen LogP contribution in [0, 0.1) is 0 Å². The third kappa shape index (κ3) is 2.34. The minimum absolute atomic E-state index is 0.0605. The van der Waals surface area contributed by atoms with Crippen LogP contribution in [0.5, 0.6) is 0 Å². The van der Waals surface area contributed by atoms with Gasteiger partial charge >= 0.3 is 0 Å². The topological polar surface area (TPSA) is 76.3 Å². The van der Waals surface area contributed by atoms with E-state index in [1.165, 1.54) is 6.39 Å². The summed E-state index contributed by atoms with van der Waals surface area (Å²) in [6, 6.07) is 9.97. The summed E-state index contributed by atoms with van der Waals surface area (Å²) >= 11 is 0. The zero-order chi connectivity index (χ0) is 15.2. The van der Waals surface area contributed by atoms with Crippen molar-refractivity contribution in [2.75, 3.05) is 13.1 Å². The van der Waals surface area contributed by atoms with E-state index < -0.39 is 10.0 Å². The first-order chi connectivity index (χ1) is 10.7. The van der Waals surface area contributed by atoms with Crippen LogP contribution in [-0.4, -0.2) is 41.2 Å². The maximum Gasteiger partial charge on any atom is 0.217 e. The zero-order valence-electron chi connectivity index (χ0n) is 12.0. The molecule has 0 radical (unpaired) electrons. The molecule has 2 heterocycles. The maximum atomic E-state index is 12.5. The summed E-state index contributed by atoms with van der Waals surface area (Å²) < 4.78 is 31.6. The Labute approximate surface area is 129 Å². The molecule has 2 aliphatic rings. The van der Waals surface area contributed by atoms with Crippen LogP contribution in [0.2, 0.25) is 0 Å². The molecule has 6 nitrogen and oxygen atoms in total. The standard InChI is InChI=1S/C15H17N3O3S/c19-22(20,12-6-7-12)18-8-13(11-4-2-1-3-5-11)14(9-18)15-16-10-21-17-15/h1-5,10,12-14H,6-9H2/t13-,14-/m0/s1. The maximum absolute atomic E-state index is 12.5. The summed E-state index contributed by atoms with van der Waals surface area (Å²) in [5, 5.41) is 3.76. The van der Waals surface area contributed by atoms with Gasteiger partial charge in [-0.25, -0.2) is 12.7 Å². The summed E-state index contributed by atoms with van der Waals surface area (Å²) in [5.41, 5.74) is 1.12. The van der Waals surface area contributed by atoms with Gasteiger partial charge in [-0.1, -0.05) is 35.5 Å². The van der Waals surface area contributed by atoms with Gasteiger partial charge in [0.25, 0.3) is 0 Å². The van der Waals surface area contributed by atoms with E-state index in [-0.39, 0.29) is 17.1 Å². The van der Waals surface area contributed by atoms with Crippen LogP contribution in [-0.2, 0) is 10.0 Å². The minimum Gasteiger partial charge on any atom is -0.343 e. The Balaban J connectivity index is 1.68. The highest BCUT2D eigenvalue weighted by molar-refractivity contribution is 7.90. The highest BCUT2D eigenvalue weighted by Crippen LogP contribution is 2.42. The monoisotopic (exact) mass is 319 g/mol. The van der Waals surface area contributed by atoms with Crippen molar-refractivity contribution in [1.29, 1.82) is 0 Å². The summed E-state index contributed by atoms with van der Waals surface area (Å²) in [5.74, 6) is 0.587. The number of rotatable bonds is 4. The molecule has 2 aromatic rings. The predicted molar refractivity (Wildman–Crippen MR) is 79.7 cm³/mol. The quantitative estimate of drug-likeness (QED) is 0.858. The average Bonchev–Trinajstić information content (AvgIpc) is 3.09. The van der Waals surface area contributed by atoms with Crippen LogP contribution in [0.15, 0.2) is 41.2 Å². The van der Waals surface area contributed by atoms with Crippen molar-refractivity contribution in [2.24, 2.45) is 0 Å². The molecule has 4 rings (SSSR count). The first kappa shape index (κ1) is 13.9. The molecular weight excluding hydrogens is 302 g/mol. The Morgan fingerprint density at radius 2 is 1.82 bits per heavy atom. The molecule has 0 spiro atoms. The second-order valence-electron chi connectivity index (χ2n) is 5.97. The number of nitrogens with zero attached hydrogens (tertiary/aromatic N) is 3. The second kappa shape index (κ2) is 5.17. The Hall–Kier alpha value is -1.73. The first-order valence-electron chi connectivity index (χ1n) is 7.46. The van der Waals surface area contributed by atoms with Gasteiger partial charge in [0.2, 0.25) is 16.4 Å². The first-order valence-corrected chi connectivity index (χ1v) is 8.97. The molecule has 2 atom stereocenters. The number of hydrogen-bond acceptors (Lipinski definition) is 5.